The van der Waals surface area contributed by atoms with Crippen LogP contribution in [0.15, 0.2) is 194 Å². The van der Waals surface area contributed by atoms with Crippen LogP contribution in [0, 0.1) is 0 Å². The first-order valence-corrected chi connectivity index (χ1v) is 20.6. The van der Waals surface area contributed by atoms with Gasteiger partial charge >= 0.3 is 0 Å². The van der Waals surface area contributed by atoms with Crippen LogP contribution in [0.3, 0.4) is 0 Å². The van der Waals surface area contributed by atoms with Gasteiger partial charge in [0.25, 0.3) is 0 Å². The maximum atomic E-state index is 5.15. The van der Waals surface area contributed by atoms with Crippen molar-refractivity contribution >= 4 is 80.1 Å². The summed E-state index contributed by atoms with van der Waals surface area (Å²) in [7, 11) is 0. The Bertz CT molecular complexity index is 3230. The highest BCUT2D eigenvalue weighted by atomic mass is 32.1. The number of benzene rings is 8. The Morgan fingerprint density at radius 3 is 1.49 bits per heavy atom. The molecule has 0 fully saturated rings. The lowest BCUT2D eigenvalue weighted by Gasteiger charge is -2.26. The molecule has 0 unspecified atom stereocenters. The highest BCUT2D eigenvalue weighted by molar-refractivity contribution is 7.26. The van der Waals surface area contributed by atoms with E-state index >= 15 is 0 Å². The highest BCUT2D eigenvalue weighted by Crippen LogP contribution is 2.45. The Hall–Kier alpha value is -6.99. The van der Waals surface area contributed by atoms with Gasteiger partial charge in [-0.2, -0.15) is 0 Å². The Labute approximate surface area is 337 Å². The largest absolute Gasteiger partial charge is 0.309 e. The summed E-state index contributed by atoms with van der Waals surface area (Å²) in [6, 6.07) is 68.5. The van der Waals surface area contributed by atoms with Crippen molar-refractivity contribution in [3.8, 4) is 45.3 Å². The molecule has 0 saturated heterocycles. The zero-order valence-electron chi connectivity index (χ0n) is 30.6. The predicted octanol–water partition coefficient (Wildman–Crippen LogP) is 14.7. The van der Waals surface area contributed by atoms with Crippen LogP contribution in [0.2, 0.25) is 0 Å². The number of rotatable bonds is 7. The minimum absolute atomic E-state index is 0.628. The summed E-state index contributed by atoms with van der Waals surface area (Å²) in [5.74, 6) is 1.91. The van der Waals surface area contributed by atoms with Crippen LogP contribution in [-0.2, 0) is 0 Å². The van der Waals surface area contributed by atoms with E-state index in [1.54, 1.807) is 11.3 Å². The normalized spacial score (nSPS) is 11.5. The van der Waals surface area contributed by atoms with Crippen molar-refractivity contribution < 1.29 is 0 Å². The van der Waals surface area contributed by atoms with Gasteiger partial charge < -0.3 is 4.90 Å². The van der Waals surface area contributed by atoms with E-state index in [0.29, 0.717) is 17.5 Å². The van der Waals surface area contributed by atoms with Crippen molar-refractivity contribution in [1.29, 1.82) is 0 Å². The first-order chi connectivity index (χ1) is 28.2. The van der Waals surface area contributed by atoms with Crippen LogP contribution in [-0.4, -0.2) is 15.0 Å². The van der Waals surface area contributed by atoms with Gasteiger partial charge in [0.05, 0.1) is 10.4 Å². The number of para-hydroxylation sites is 1. The van der Waals surface area contributed by atoms with Crippen LogP contribution in [0.25, 0.3) is 85.6 Å². The van der Waals surface area contributed by atoms with Crippen LogP contribution in [0.5, 0.6) is 0 Å². The molecule has 0 saturated carbocycles. The molecule has 0 atom stereocenters. The first kappa shape index (κ1) is 33.4. The molecule has 0 spiro atoms. The van der Waals surface area contributed by atoms with Gasteiger partial charge in [-0.3, -0.25) is 0 Å². The number of thiophene rings is 2. The van der Waals surface area contributed by atoms with Crippen molar-refractivity contribution in [2.75, 3.05) is 4.90 Å². The molecule has 0 radical (unpaired) electrons. The molecule has 0 bridgehead atoms. The summed E-state index contributed by atoms with van der Waals surface area (Å²) in [6.45, 7) is 0. The smallest absolute Gasteiger partial charge is 0.164 e. The van der Waals surface area contributed by atoms with Crippen LogP contribution >= 0.6 is 22.7 Å². The Morgan fingerprint density at radius 2 is 0.789 bits per heavy atom. The van der Waals surface area contributed by atoms with Gasteiger partial charge in [0.2, 0.25) is 0 Å². The molecule has 0 aliphatic heterocycles. The number of aromatic nitrogens is 3. The molecule has 0 aliphatic rings. The average molecular weight is 765 g/mol. The topological polar surface area (TPSA) is 41.9 Å². The zero-order chi connectivity index (χ0) is 37.7. The van der Waals surface area contributed by atoms with Crippen molar-refractivity contribution in [2.45, 2.75) is 0 Å². The minimum Gasteiger partial charge on any atom is -0.309 e. The van der Waals surface area contributed by atoms with Crippen LogP contribution in [0.1, 0.15) is 0 Å². The third kappa shape index (κ3) is 6.03. The van der Waals surface area contributed by atoms with E-state index in [4.69, 9.17) is 15.0 Å². The third-order valence-corrected chi connectivity index (χ3v) is 12.9. The van der Waals surface area contributed by atoms with Gasteiger partial charge in [-0.15, -0.1) is 22.7 Å². The first-order valence-electron chi connectivity index (χ1n) is 18.9. The van der Waals surface area contributed by atoms with Crippen molar-refractivity contribution in [2.24, 2.45) is 0 Å². The van der Waals surface area contributed by atoms with Crippen molar-refractivity contribution in [3.05, 3.63) is 194 Å². The Kier molecular flexibility index (Phi) is 8.16. The van der Waals surface area contributed by atoms with Crippen molar-refractivity contribution in [1.82, 2.24) is 15.0 Å². The fourth-order valence-electron chi connectivity index (χ4n) is 7.74. The summed E-state index contributed by atoms with van der Waals surface area (Å²) in [5.41, 5.74) is 8.43. The van der Waals surface area contributed by atoms with Gasteiger partial charge in [-0.05, 0) is 71.8 Å². The lowest BCUT2D eigenvalue weighted by Crippen LogP contribution is -2.10. The fraction of sp³-hybridized carbons (Fsp3) is 0. The van der Waals surface area contributed by atoms with Crippen LogP contribution < -0.4 is 4.90 Å². The van der Waals surface area contributed by atoms with E-state index in [2.05, 4.69) is 193 Å². The van der Waals surface area contributed by atoms with E-state index in [0.717, 1.165) is 39.3 Å². The zero-order valence-corrected chi connectivity index (χ0v) is 32.2. The summed E-state index contributed by atoms with van der Waals surface area (Å²) >= 11 is 3.64. The lowest BCUT2D eigenvalue weighted by molar-refractivity contribution is 1.07. The van der Waals surface area contributed by atoms with E-state index in [1.165, 1.54) is 45.9 Å². The molecule has 0 N–H and O–H groups in total. The summed E-state index contributed by atoms with van der Waals surface area (Å²) in [6.07, 6.45) is 0. The quantitative estimate of drug-likeness (QED) is 0.162. The molecule has 3 aromatic heterocycles. The van der Waals surface area contributed by atoms with Gasteiger partial charge in [0, 0.05) is 63.7 Å². The van der Waals surface area contributed by atoms with E-state index in [9.17, 15) is 0 Å². The SMILES string of the molecule is c1ccc(-c2ccc(-c3nc(-c4ccc(N(c5ccccc5)c5cccc6c5sc5ccccc56)cc4)nc(-c4ccc5c(c4)sc4ccccc45)n3)cc2)cc1. The van der Waals surface area contributed by atoms with Gasteiger partial charge in [0.1, 0.15) is 0 Å². The summed E-state index contributed by atoms with van der Waals surface area (Å²) < 4.78 is 5.02. The van der Waals surface area contributed by atoms with Gasteiger partial charge in [-0.25, -0.2) is 15.0 Å². The van der Waals surface area contributed by atoms with E-state index < -0.39 is 0 Å². The predicted molar refractivity (Wildman–Crippen MR) is 242 cm³/mol. The number of fused-ring (bicyclic) bond motifs is 6. The molecule has 11 rings (SSSR count). The molecule has 4 nitrogen and oxygen atoms in total. The minimum atomic E-state index is 0.628. The summed E-state index contributed by atoms with van der Waals surface area (Å²) in [4.78, 5) is 17.7. The molecule has 6 heteroatoms. The fourth-order valence-corrected chi connectivity index (χ4v) is 10.1. The number of hydrogen-bond donors (Lipinski definition) is 0. The third-order valence-electron chi connectivity index (χ3n) is 10.5. The summed E-state index contributed by atoms with van der Waals surface area (Å²) in [5, 5.41) is 5.06. The molecule has 8 aromatic carbocycles. The molecule has 0 amide bonds. The van der Waals surface area contributed by atoms with Gasteiger partial charge in [0.15, 0.2) is 17.5 Å². The van der Waals surface area contributed by atoms with E-state index in [1.807, 2.05) is 17.4 Å². The second kappa shape index (κ2) is 13.9. The highest BCUT2D eigenvalue weighted by Gasteiger charge is 2.19. The Morgan fingerprint density at radius 1 is 0.316 bits per heavy atom. The lowest BCUT2D eigenvalue weighted by atomic mass is 10.0. The van der Waals surface area contributed by atoms with Crippen molar-refractivity contribution in [3.63, 3.8) is 0 Å². The average Bonchev–Trinajstić information content (AvgIpc) is 3.86. The number of anilines is 3. The number of nitrogens with zero attached hydrogens (tertiary/aromatic N) is 4. The van der Waals surface area contributed by atoms with Crippen LogP contribution in [0.4, 0.5) is 17.1 Å². The molecule has 57 heavy (non-hydrogen) atoms. The molecule has 0 aliphatic carbocycles. The maximum Gasteiger partial charge on any atom is 0.164 e. The second-order valence-electron chi connectivity index (χ2n) is 14.0. The molecule has 11 aromatic rings. The van der Waals surface area contributed by atoms with Gasteiger partial charge in [-0.1, -0.05) is 133 Å². The standard InChI is InChI=1S/C51H32N4S2/c1-3-12-33(13-4-1)34-22-24-35(25-23-34)49-52-50(54-51(53-49)37-28-31-42-40-16-7-9-20-45(40)56-47(42)32-37)36-26-29-39(30-27-36)55(38-14-5-2-6-15-38)44-19-11-18-43-41-17-8-10-21-46(41)57-48(43)44/h1-32H. The molecule has 3 heterocycles. The maximum absolute atomic E-state index is 5.15. The number of hydrogen-bond acceptors (Lipinski definition) is 6. The van der Waals surface area contributed by atoms with E-state index in [-0.39, 0.29) is 0 Å². The second-order valence-corrected chi connectivity index (χ2v) is 16.2. The molecular weight excluding hydrogens is 733 g/mol. The molecular formula is C51H32N4S2. The Balaban J connectivity index is 1.03. The molecule has 268 valence electrons. The monoisotopic (exact) mass is 764 g/mol.